The second-order valence-electron chi connectivity index (χ2n) is 2.94. The molecule has 1 saturated carbocycles. The molecule has 1 fully saturated rings. The van der Waals surface area contributed by atoms with E-state index in [0.29, 0.717) is 6.04 Å². The minimum atomic E-state index is 0.697. The zero-order valence-electron chi connectivity index (χ0n) is 6.75. The van der Waals surface area contributed by atoms with Crippen LogP contribution in [0, 0.1) is 0 Å². The molecule has 0 unspecified atom stereocenters. The van der Waals surface area contributed by atoms with Crippen LogP contribution in [0.4, 0.5) is 5.82 Å². The Morgan fingerprint density at radius 3 is 3.18 bits per heavy atom. The molecular formula is C8H13N3. The first-order valence-corrected chi connectivity index (χ1v) is 4.19. The van der Waals surface area contributed by atoms with Crippen molar-refractivity contribution in [3.63, 3.8) is 0 Å². The number of anilines is 1. The first kappa shape index (κ1) is 6.70. The van der Waals surface area contributed by atoms with Gasteiger partial charge in [-0.2, -0.15) is 5.10 Å². The molecule has 0 saturated heterocycles. The van der Waals surface area contributed by atoms with Crippen molar-refractivity contribution < 1.29 is 0 Å². The number of aromatic nitrogens is 2. The highest BCUT2D eigenvalue weighted by molar-refractivity contribution is 5.31. The van der Waals surface area contributed by atoms with E-state index in [9.17, 15) is 0 Å². The van der Waals surface area contributed by atoms with Crippen LogP contribution in [0.15, 0.2) is 12.3 Å². The summed E-state index contributed by atoms with van der Waals surface area (Å²) >= 11 is 0. The van der Waals surface area contributed by atoms with Gasteiger partial charge in [-0.25, -0.2) is 0 Å². The molecule has 60 valence electrons. The first-order valence-electron chi connectivity index (χ1n) is 4.19. The summed E-state index contributed by atoms with van der Waals surface area (Å²) in [5, 5.41) is 7.55. The van der Waals surface area contributed by atoms with E-state index >= 15 is 0 Å². The van der Waals surface area contributed by atoms with Gasteiger partial charge in [0.05, 0.1) is 6.04 Å². The fourth-order valence-corrected chi connectivity index (χ4v) is 1.16. The topological polar surface area (TPSA) is 29.9 Å². The molecular weight excluding hydrogens is 138 g/mol. The average Bonchev–Trinajstić information content (AvgIpc) is 2.75. The first-order chi connectivity index (χ1) is 5.40. The highest BCUT2D eigenvalue weighted by atomic mass is 15.3. The van der Waals surface area contributed by atoms with Crippen molar-refractivity contribution in [3.05, 3.63) is 12.3 Å². The van der Waals surface area contributed by atoms with Gasteiger partial charge in [-0.15, -0.1) is 0 Å². The van der Waals surface area contributed by atoms with Crippen LogP contribution in [0.25, 0.3) is 0 Å². The molecule has 0 aromatic carbocycles. The molecule has 0 amide bonds. The maximum Gasteiger partial charge on any atom is 0.147 e. The zero-order valence-corrected chi connectivity index (χ0v) is 6.75. The van der Waals surface area contributed by atoms with Gasteiger partial charge in [-0.1, -0.05) is 0 Å². The van der Waals surface area contributed by atoms with E-state index < -0.39 is 0 Å². The Morgan fingerprint density at radius 2 is 2.55 bits per heavy atom. The summed E-state index contributed by atoms with van der Waals surface area (Å²) in [5.41, 5.74) is 0. The average molecular weight is 151 g/mol. The Balaban J connectivity index is 2.06. The molecule has 3 heteroatoms. The number of nitrogens with zero attached hydrogens (tertiary/aromatic N) is 2. The van der Waals surface area contributed by atoms with Crippen molar-refractivity contribution in [1.82, 2.24) is 9.78 Å². The van der Waals surface area contributed by atoms with Crippen LogP contribution in [0.1, 0.15) is 25.8 Å². The van der Waals surface area contributed by atoms with Gasteiger partial charge < -0.3 is 5.32 Å². The summed E-state index contributed by atoms with van der Waals surface area (Å²) in [6.07, 6.45) is 4.65. The van der Waals surface area contributed by atoms with Crippen molar-refractivity contribution in [1.29, 1.82) is 0 Å². The molecule has 1 N–H and O–H groups in total. The Bertz CT molecular complexity index is 237. The molecule has 11 heavy (non-hydrogen) atoms. The van der Waals surface area contributed by atoms with Crippen LogP contribution in [-0.2, 0) is 0 Å². The van der Waals surface area contributed by atoms with Gasteiger partial charge in [0.25, 0.3) is 0 Å². The predicted molar refractivity (Wildman–Crippen MR) is 44.7 cm³/mol. The summed E-state index contributed by atoms with van der Waals surface area (Å²) in [5.74, 6) is 0.999. The number of nitrogens with one attached hydrogen (secondary N) is 1. The molecule has 1 aromatic rings. The molecule has 3 nitrogen and oxygen atoms in total. The lowest BCUT2D eigenvalue weighted by molar-refractivity contribution is 0.643. The Labute approximate surface area is 66.4 Å². The van der Waals surface area contributed by atoms with Crippen LogP contribution in [0.2, 0.25) is 0 Å². The SMILES string of the molecule is CCNc1ccn(C2CC2)n1. The van der Waals surface area contributed by atoms with Gasteiger partial charge in [0, 0.05) is 18.8 Å². The lowest BCUT2D eigenvalue weighted by Gasteiger charge is -1.96. The van der Waals surface area contributed by atoms with Gasteiger partial charge in [0.1, 0.15) is 5.82 Å². The van der Waals surface area contributed by atoms with Gasteiger partial charge in [0.2, 0.25) is 0 Å². The number of rotatable bonds is 3. The Hall–Kier alpha value is -0.990. The monoisotopic (exact) mass is 151 g/mol. The molecule has 0 aliphatic heterocycles. The quantitative estimate of drug-likeness (QED) is 0.711. The molecule has 0 radical (unpaired) electrons. The third-order valence-corrected chi connectivity index (χ3v) is 1.89. The highest BCUT2D eigenvalue weighted by Crippen LogP contribution is 2.34. The van der Waals surface area contributed by atoms with E-state index in [-0.39, 0.29) is 0 Å². The zero-order chi connectivity index (χ0) is 7.68. The molecule has 1 aliphatic rings. The Morgan fingerprint density at radius 1 is 1.73 bits per heavy atom. The minimum absolute atomic E-state index is 0.697. The number of hydrogen-bond acceptors (Lipinski definition) is 2. The smallest absolute Gasteiger partial charge is 0.147 e. The normalized spacial score (nSPS) is 16.8. The maximum absolute atomic E-state index is 4.37. The molecule has 0 spiro atoms. The van der Waals surface area contributed by atoms with Crippen LogP contribution in [-0.4, -0.2) is 16.3 Å². The van der Waals surface area contributed by atoms with E-state index in [4.69, 9.17) is 0 Å². The third kappa shape index (κ3) is 1.37. The molecule has 1 heterocycles. The van der Waals surface area contributed by atoms with Gasteiger partial charge in [-0.05, 0) is 19.8 Å². The molecule has 1 aromatic heterocycles. The van der Waals surface area contributed by atoms with Crippen molar-refractivity contribution in [2.75, 3.05) is 11.9 Å². The van der Waals surface area contributed by atoms with Crippen molar-refractivity contribution in [2.45, 2.75) is 25.8 Å². The van der Waals surface area contributed by atoms with E-state index in [1.165, 1.54) is 12.8 Å². The summed E-state index contributed by atoms with van der Waals surface area (Å²) in [6.45, 7) is 3.03. The van der Waals surface area contributed by atoms with E-state index in [2.05, 4.69) is 28.2 Å². The highest BCUT2D eigenvalue weighted by Gasteiger charge is 2.23. The van der Waals surface area contributed by atoms with Crippen LogP contribution >= 0.6 is 0 Å². The number of hydrogen-bond donors (Lipinski definition) is 1. The standard InChI is InChI=1S/C8H13N3/c1-2-9-8-5-6-11(10-8)7-3-4-7/h5-7H,2-4H2,1H3,(H,9,10). The van der Waals surface area contributed by atoms with Crippen molar-refractivity contribution >= 4 is 5.82 Å². The second kappa shape index (κ2) is 2.57. The van der Waals surface area contributed by atoms with E-state index in [1.54, 1.807) is 0 Å². The van der Waals surface area contributed by atoms with E-state index in [0.717, 1.165) is 12.4 Å². The largest absolute Gasteiger partial charge is 0.369 e. The fraction of sp³-hybridized carbons (Fsp3) is 0.625. The maximum atomic E-state index is 4.37. The van der Waals surface area contributed by atoms with Crippen LogP contribution in [0.5, 0.6) is 0 Å². The van der Waals surface area contributed by atoms with Gasteiger partial charge in [-0.3, -0.25) is 4.68 Å². The molecule has 0 atom stereocenters. The predicted octanol–water partition coefficient (Wildman–Crippen LogP) is 1.65. The van der Waals surface area contributed by atoms with Crippen molar-refractivity contribution in [2.24, 2.45) is 0 Å². The summed E-state index contributed by atoms with van der Waals surface area (Å²) < 4.78 is 2.05. The summed E-state index contributed by atoms with van der Waals surface area (Å²) in [7, 11) is 0. The van der Waals surface area contributed by atoms with Crippen LogP contribution in [0.3, 0.4) is 0 Å². The molecule has 0 bridgehead atoms. The van der Waals surface area contributed by atoms with Gasteiger partial charge in [0.15, 0.2) is 0 Å². The molecule has 1 aliphatic carbocycles. The summed E-state index contributed by atoms with van der Waals surface area (Å²) in [4.78, 5) is 0. The summed E-state index contributed by atoms with van der Waals surface area (Å²) in [6, 6.07) is 2.73. The lowest BCUT2D eigenvalue weighted by Crippen LogP contribution is -1.99. The molecule has 2 rings (SSSR count). The lowest BCUT2D eigenvalue weighted by atomic mass is 10.6. The third-order valence-electron chi connectivity index (χ3n) is 1.89. The fourth-order valence-electron chi connectivity index (χ4n) is 1.16. The van der Waals surface area contributed by atoms with E-state index in [1.807, 2.05) is 6.07 Å². The second-order valence-corrected chi connectivity index (χ2v) is 2.94. The van der Waals surface area contributed by atoms with Crippen molar-refractivity contribution in [3.8, 4) is 0 Å². The minimum Gasteiger partial charge on any atom is -0.369 e. The van der Waals surface area contributed by atoms with Gasteiger partial charge >= 0.3 is 0 Å². The Kier molecular flexibility index (Phi) is 1.56. The van der Waals surface area contributed by atoms with Crippen LogP contribution < -0.4 is 5.32 Å².